The summed E-state index contributed by atoms with van der Waals surface area (Å²) < 4.78 is 28.8. The number of anilines is 1. The van der Waals surface area contributed by atoms with E-state index >= 15 is 0 Å². The molecule has 0 fully saturated rings. The van der Waals surface area contributed by atoms with Crippen molar-refractivity contribution >= 4 is 11.7 Å². The highest BCUT2D eigenvalue weighted by atomic mass is 19.1. The van der Waals surface area contributed by atoms with Crippen LogP contribution in [0.3, 0.4) is 0 Å². The third kappa shape index (κ3) is 2.49. The summed E-state index contributed by atoms with van der Waals surface area (Å²) >= 11 is 0. The minimum atomic E-state index is -0.568. The van der Waals surface area contributed by atoms with E-state index in [0.29, 0.717) is 5.82 Å². The molecule has 2 aromatic rings. The first-order valence-corrected chi connectivity index (χ1v) is 7.27. The number of halogens is 2. The number of nitrogens with zero attached hydrogens (tertiary/aromatic N) is 3. The van der Waals surface area contributed by atoms with E-state index in [1.807, 2.05) is 13.8 Å². The SMILES string of the molecule is C[C@@H]1C[C@H](C)n2nccc2N1C(=O)Cc1cc(F)ccc1F. The molecule has 2 atom stereocenters. The summed E-state index contributed by atoms with van der Waals surface area (Å²) in [7, 11) is 0. The summed E-state index contributed by atoms with van der Waals surface area (Å²) in [6.45, 7) is 3.99. The van der Waals surface area contributed by atoms with Crippen molar-refractivity contribution < 1.29 is 13.6 Å². The van der Waals surface area contributed by atoms with Crippen LogP contribution in [0, 0.1) is 11.6 Å². The maximum absolute atomic E-state index is 13.7. The number of hydrogen-bond acceptors (Lipinski definition) is 2. The number of amides is 1. The fraction of sp³-hybridized carbons (Fsp3) is 0.375. The van der Waals surface area contributed by atoms with E-state index in [4.69, 9.17) is 0 Å². The topological polar surface area (TPSA) is 38.1 Å². The fourth-order valence-electron chi connectivity index (χ4n) is 3.06. The van der Waals surface area contributed by atoms with Gasteiger partial charge in [0.25, 0.3) is 0 Å². The van der Waals surface area contributed by atoms with Gasteiger partial charge in [0.1, 0.15) is 17.5 Å². The zero-order valence-electron chi connectivity index (χ0n) is 12.5. The van der Waals surface area contributed by atoms with Crippen LogP contribution in [0.4, 0.5) is 14.6 Å². The molecule has 0 unspecified atom stereocenters. The van der Waals surface area contributed by atoms with Crippen molar-refractivity contribution in [2.24, 2.45) is 0 Å². The van der Waals surface area contributed by atoms with Crippen LogP contribution in [-0.2, 0) is 11.2 Å². The van der Waals surface area contributed by atoms with Crippen LogP contribution in [0.2, 0.25) is 0 Å². The Balaban J connectivity index is 1.89. The van der Waals surface area contributed by atoms with Gasteiger partial charge in [-0.05, 0) is 38.5 Å². The molecule has 0 bridgehead atoms. The number of carbonyl (C=O) groups excluding carboxylic acids is 1. The number of carbonyl (C=O) groups is 1. The molecule has 0 saturated heterocycles. The Hall–Kier alpha value is -2.24. The van der Waals surface area contributed by atoms with Gasteiger partial charge >= 0.3 is 0 Å². The Kier molecular flexibility index (Phi) is 3.68. The molecule has 2 heterocycles. The lowest BCUT2D eigenvalue weighted by Crippen LogP contribution is -2.45. The standard InChI is InChI=1S/C16H17F2N3O/c1-10-7-11(2)21-15(5-6-19-21)20(10)16(22)9-12-8-13(17)3-4-14(12)18/h3-6,8,10-11H,7,9H2,1-2H3/t10-,11+/m1/s1. The van der Waals surface area contributed by atoms with Gasteiger partial charge in [0.05, 0.1) is 18.7 Å². The molecule has 0 N–H and O–H groups in total. The maximum atomic E-state index is 13.7. The molecule has 4 nitrogen and oxygen atoms in total. The van der Waals surface area contributed by atoms with Gasteiger partial charge in [0, 0.05) is 17.7 Å². The lowest BCUT2D eigenvalue weighted by Gasteiger charge is -2.37. The highest BCUT2D eigenvalue weighted by Gasteiger charge is 2.32. The third-order valence-corrected chi connectivity index (χ3v) is 4.05. The number of rotatable bonds is 2. The Morgan fingerprint density at radius 1 is 1.27 bits per heavy atom. The summed E-state index contributed by atoms with van der Waals surface area (Å²) in [5.41, 5.74) is 0.0712. The van der Waals surface area contributed by atoms with E-state index in [0.717, 1.165) is 24.6 Å². The molecule has 0 spiro atoms. The first-order valence-electron chi connectivity index (χ1n) is 7.27. The first kappa shape index (κ1) is 14.7. The van der Waals surface area contributed by atoms with Gasteiger partial charge in [0.15, 0.2) is 0 Å². The van der Waals surface area contributed by atoms with Gasteiger partial charge in [0.2, 0.25) is 5.91 Å². The van der Waals surface area contributed by atoms with Crippen molar-refractivity contribution in [1.29, 1.82) is 0 Å². The number of aromatic nitrogens is 2. The average Bonchev–Trinajstić information content (AvgIpc) is 2.92. The number of benzene rings is 1. The van der Waals surface area contributed by atoms with E-state index in [2.05, 4.69) is 5.10 Å². The van der Waals surface area contributed by atoms with Crippen molar-refractivity contribution in [1.82, 2.24) is 9.78 Å². The number of hydrogen-bond donors (Lipinski definition) is 0. The van der Waals surface area contributed by atoms with Gasteiger partial charge in [-0.25, -0.2) is 13.5 Å². The van der Waals surface area contributed by atoms with Gasteiger partial charge < -0.3 is 0 Å². The van der Waals surface area contributed by atoms with Crippen LogP contribution in [0.1, 0.15) is 31.9 Å². The van der Waals surface area contributed by atoms with Crippen molar-refractivity contribution in [3.63, 3.8) is 0 Å². The molecule has 1 aliphatic heterocycles. The quantitative estimate of drug-likeness (QED) is 0.855. The molecule has 0 saturated carbocycles. The predicted molar refractivity (Wildman–Crippen MR) is 78.6 cm³/mol. The van der Waals surface area contributed by atoms with Crippen molar-refractivity contribution in [2.75, 3.05) is 4.90 Å². The monoisotopic (exact) mass is 305 g/mol. The molecule has 1 aliphatic rings. The van der Waals surface area contributed by atoms with E-state index in [1.165, 1.54) is 0 Å². The Bertz CT molecular complexity index is 713. The summed E-state index contributed by atoms with van der Waals surface area (Å²) in [5.74, 6) is -0.672. The second kappa shape index (κ2) is 5.51. The van der Waals surface area contributed by atoms with Crippen LogP contribution in [0.15, 0.2) is 30.5 Å². The van der Waals surface area contributed by atoms with E-state index in [-0.39, 0.29) is 30.0 Å². The van der Waals surface area contributed by atoms with Crippen molar-refractivity contribution in [3.05, 3.63) is 47.7 Å². The summed E-state index contributed by atoms with van der Waals surface area (Å²) in [4.78, 5) is 14.2. The maximum Gasteiger partial charge on any atom is 0.232 e. The molecule has 116 valence electrons. The molecule has 22 heavy (non-hydrogen) atoms. The van der Waals surface area contributed by atoms with Crippen LogP contribution in [0.25, 0.3) is 0 Å². The zero-order chi connectivity index (χ0) is 15.9. The minimum absolute atomic E-state index is 0.0108. The summed E-state index contributed by atoms with van der Waals surface area (Å²) in [6.07, 6.45) is 2.24. The normalized spacial score (nSPS) is 20.8. The molecule has 0 aliphatic carbocycles. The molecular formula is C16H17F2N3O. The highest BCUT2D eigenvalue weighted by molar-refractivity contribution is 5.94. The molecule has 1 aromatic carbocycles. The van der Waals surface area contributed by atoms with Crippen LogP contribution in [-0.4, -0.2) is 21.7 Å². The van der Waals surface area contributed by atoms with Gasteiger partial charge in [-0.3, -0.25) is 9.69 Å². The Labute approximate surface area is 127 Å². The fourth-order valence-corrected chi connectivity index (χ4v) is 3.06. The lowest BCUT2D eigenvalue weighted by molar-refractivity contribution is -0.118. The van der Waals surface area contributed by atoms with Gasteiger partial charge in [-0.1, -0.05) is 0 Å². The van der Waals surface area contributed by atoms with Crippen molar-refractivity contribution in [3.8, 4) is 0 Å². The largest absolute Gasteiger partial charge is 0.294 e. The van der Waals surface area contributed by atoms with Gasteiger partial charge in [-0.15, -0.1) is 0 Å². The van der Waals surface area contributed by atoms with E-state index in [9.17, 15) is 13.6 Å². The summed E-state index contributed by atoms with van der Waals surface area (Å²) in [6, 6.07) is 5.12. The molecule has 0 radical (unpaired) electrons. The average molecular weight is 305 g/mol. The van der Waals surface area contributed by atoms with Crippen LogP contribution >= 0.6 is 0 Å². The minimum Gasteiger partial charge on any atom is -0.294 e. The predicted octanol–water partition coefficient (Wildman–Crippen LogP) is 3.09. The Morgan fingerprint density at radius 3 is 2.82 bits per heavy atom. The number of fused-ring (bicyclic) bond motifs is 1. The van der Waals surface area contributed by atoms with Crippen molar-refractivity contribution in [2.45, 2.75) is 38.8 Å². The molecule has 3 rings (SSSR count). The first-order chi connectivity index (χ1) is 10.5. The highest BCUT2D eigenvalue weighted by Crippen LogP contribution is 2.31. The lowest BCUT2D eigenvalue weighted by atomic mass is 10.0. The molecular weight excluding hydrogens is 288 g/mol. The summed E-state index contributed by atoms with van der Waals surface area (Å²) in [5, 5.41) is 4.23. The zero-order valence-corrected chi connectivity index (χ0v) is 12.5. The van der Waals surface area contributed by atoms with Gasteiger partial charge in [-0.2, -0.15) is 5.10 Å². The van der Waals surface area contributed by atoms with Crippen LogP contribution in [0.5, 0.6) is 0 Å². The Morgan fingerprint density at radius 2 is 2.05 bits per heavy atom. The van der Waals surface area contributed by atoms with Crippen LogP contribution < -0.4 is 4.90 Å². The van der Waals surface area contributed by atoms with E-state index < -0.39 is 11.6 Å². The second-order valence-electron chi connectivity index (χ2n) is 5.74. The molecule has 6 heteroatoms. The molecule has 1 amide bonds. The second-order valence-corrected chi connectivity index (χ2v) is 5.74. The molecule has 1 aromatic heterocycles. The van der Waals surface area contributed by atoms with E-state index in [1.54, 1.807) is 21.8 Å². The smallest absolute Gasteiger partial charge is 0.232 e. The third-order valence-electron chi connectivity index (χ3n) is 4.05.